The summed E-state index contributed by atoms with van der Waals surface area (Å²) in [6.07, 6.45) is 1.34. The Bertz CT molecular complexity index is 834. The van der Waals surface area contributed by atoms with E-state index < -0.39 is 22.9 Å². The van der Waals surface area contributed by atoms with Crippen molar-refractivity contribution in [3.8, 4) is 0 Å². The number of thiol groups is 1. The lowest BCUT2D eigenvalue weighted by atomic mass is 10.0. The number of piperazine rings is 1. The van der Waals surface area contributed by atoms with Crippen LogP contribution in [0.4, 0.5) is 19.3 Å². The fourth-order valence-corrected chi connectivity index (χ4v) is 3.29. The molecular formula is C16H19F2N7O2S. The molecule has 1 saturated heterocycles. The lowest BCUT2D eigenvalue weighted by Crippen LogP contribution is -2.50. The van der Waals surface area contributed by atoms with Gasteiger partial charge in [-0.1, -0.05) is 12.6 Å². The highest BCUT2D eigenvalue weighted by Gasteiger charge is 2.27. The van der Waals surface area contributed by atoms with E-state index in [9.17, 15) is 18.4 Å². The molecule has 0 radical (unpaired) electrons. The molecule has 2 aromatic rings. The lowest BCUT2D eigenvalue weighted by Gasteiger charge is -2.36. The summed E-state index contributed by atoms with van der Waals surface area (Å²) in [5.74, 6) is -1.76. The Labute approximate surface area is 164 Å². The molecule has 0 spiro atoms. The highest BCUT2D eigenvalue weighted by molar-refractivity contribution is 7.96. The molecule has 0 bridgehead atoms. The Hall–Kier alpha value is -2.73. The van der Waals surface area contributed by atoms with Crippen molar-refractivity contribution in [2.24, 2.45) is 5.73 Å². The van der Waals surface area contributed by atoms with Crippen LogP contribution in [0.25, 0.3) is 0 Å². The van der Waals surface area contributed by atoms with Crippen molar-refractivity contribution in [2.45, 2.75) is 6.04 Å². The van der Waals surface area contributed by atoms with Crippen LogP contribution in [0.3, 0.4) is 0 Å². The molecule has 4 N–H and O–H groups in total. The Morgan fingerprint density at radius 2 is 1.89 bits per heavy atom. The minimum atomic E-state index is -0.916. The third-order valence-electron chi connectivity index (χ3n) is 4.49. The quantitative estimate of drug-likeness (QED) is 0.530. The first kappa shape index (κ1) is 20.0. The van der Waals surface area contributed by atoms with Crippen LogP contribution in [0.5, 0.6) is 0 Å². The molecule has 0 saturated carbocycles. The summed E-state index contributed by atoms with van der Waals surface area (Å²) in [5.41, 5.74) is 5.60. The number of halogens is 2. The van der Waals surface area contributed by atoms with Crippen LogP contribution < -0.4 is 16.0 Å². The molecule has 1 aromatic heterocycles. The number of H-pyrrole nitrogens is 1. The zero-order chi connectivity index (χ0) is 20.3. The van der Waals surface area contributed by atoms with Crippen LogP contribution in [0, 0.1) is 11.6 Å². The maximum absolute atomic E-state index is 14.8. The molecule has 1 atom stereocenters. The second-order valence-electron chi connectivity index (χ2n) is 6.18. The van der Waals surface area contributed by atoms with E-state index in [-0.39, 0.29) is 42.5 Å². The summed E-state index contributed by atoms with van der Waals surface area (Å²) in [4.78, 5) is 26.1. The van der Waals surface area contributed by atoms with E-state index in [1.807, 2.05) is 0 Å². The van der Waals surface area contributed by atoms with Gasteiger partial charge in [0, 0.05) is 26.2 Å². The average molecular weight is 411 g/mol. The van der Waals surface area contributed by atoms with Crippen molar-refractivity contribution in [2.75, 3.05) is 37.6 Å². The standard InChI is InChI=1S/C16H19F2N7O2S/c17-10-5-9(14(21-16(27)28)12-8-20-23-22-12)6-11(18)15(10)25-3-1-24(2-4-25)13(26)7-19/h5-6,8,14H,1-4,7,19H2,(H,20,22,23)(H2,21,27,28). The Kier molecular flexibility index (Phi) is 6.09. The second-order valence-corrected chi connectivity index (χ2v) is 6.59. The fraction of sp³-hybridized carbons (Fsp3) is 0.375. The summed E-state index contributed by atoms with van der Waals surface area (Å²) in [7, 11) is 0. The molecule has 1 aliphatic heterocycles. The van der Waals surface area contributed by atoms with Gasteiger partial charge in [0.2, 0.25) is 5.91 Å². The Balaban J connectivity index is 1.85. The number of nitrogens with one attached hydrogen (secondary N) is 2. The van der Waals surface area contributed by atoms with Crippen molar-refractivity contribution in [1.82, 2.24) is 25.6 Å². The van der Waals surface area contributed by atoms with Crippen molar-refractivity contribution in [3.05, 3.63) is 41.2 Å². The Morgan fingerprint density at radius 1 is 1.25 bits per heavy atom. The minimum absolute atomic E-state index is 0.0995. The summed E-state index contributed by atoms with van der Waals surface area (Å²) in [6, 6.07) is 1.36. The van der Waals surface area contributed by atoms with E-state index in [1.54, 1.807) is 4.90 Å². The number of anilines is 1. The number of aromatic nitrogens is 3. The second kappa shape index (κ2) is 8.52. The summed E-state index contributed by atoms with van der Waals surface area (Å²) < 4.78 is 29.6. The number of aromatic amines is 1. The van der Waals surface area contributed by atoms with E-state index in [0.717, 1.165) is 12.1 Å². The maximum atomic E-state index is 14.8. The first-order chi connectivity index (χ1) is 13.4. The van der Waals surface area contributed by atoms with Crippen LogP contribution in [-0.4, -0.2) is 64.2 Å². The molecule has 1 aliphatic rings. The van der Waals surface area contributed by atoms with E-state index in [2.05, 4.69) is 33.4 Å². The third kappa shape index (κ3) is 4.22. The monoisotopic (exact) mass is 411 g/mol. The lowest BCUT2D eigenvalue weighted by molar-refractivity contribution is -0.129. The topological polar surface area (TPSA) is 120 Å². The molecule has 0 aliphatic carbocycles. The van der Waals surface area contributed by atoms with Gasteiger partial charge in [0.25, 0.3) is 5.24 Å². The normalized spacial score (nSPS) is 15.4. The number of amides is 2. The molecule has 150 valence electrons. The molecule has 3 rings (SSSR count). The molecule has 28 heavy (non-hydrogen) atoms. The predicted molar refractivity (Wildman–Crippen MR) is 99.9 cm³/mol. The summed E-state index contributed by atoms with van der Waals surface area (Å²) in [6.45, 7) is 1.11. The van der Waals surface area contributed by atoms with E-state index in [4.69, 9.17) is 5.73 Å². The molecule has 12 heteroatoms. The van der Waals surface area contributed by atoms with Gasteiger partial charge in [-0.2, -0.15) is 15.4 Å². The highest BCUT2D eigenvalue weighted by atomic mass is 32.1. The van der Waals surface area contributed by atoms with Gasteiger partial charge in [-0.25, -0.2) is 8.78 Å². The number of nitrogens with two attached hydrogens (primary N) is 1. The molecule has 1 unspecified atom stereocenters. The van der Waals surface area contributed by atoms with Gasteiger partial charge in [-0.3, -0.25) is 9.59 Å². The molecule has 9 nitrogen and oxygen atoms in total. The van der Waals surface area contributed by atoms with Crippen molar-refractivity contribution < 1.29 is 18.4 Å². The molecule has 1 aromatic carbocycles. The molecule has 2 heterocycles. The maximum Gasteiger partial charge on any atom is 0.276 e. The van der Waals surface area contributed by atoms with Gasteiger partial charge >= 0.3 is 0 Å². The number of carbonyl (C=O) groups is 2. The summed E-state index contributed by atoms with van der Waals surface area (Å²) in [5, 5.41) is 11.7. The SMILES string of the molecule is NCC(=O)N1CCN(c2c(F)cc(C(NC(=O)S)c3cn[nH]n3)cc2F)CC1. The highest BCUT2D eigenvalue weighted by Crippen LogP contribution is 2.30. The van der Waals surface area contributed by atoms with E-state index >= 15 is 0 Å². The number of nitrogens with zero attached hydrogens (tertiary/aromatic N) is 4. The van der Waals surface area contributed by atoms with Gasteiger partial charge in [0.1, 0.15) is 29.1 Å². The van der Waals surface area contributed by atoms with Crippen LogP contribution >= 0.6 is 12.6 Å². The zero-order valence-corrected chi connectivity index (χ0v) is 15.6. The number of hydrogen-bond donors (Lipinski definition) is 4. The van der Waals surface area contributed by atoms with Crippen molar-refractivity contribution in [3.63, 3.8) is 0 Å². The number of benzene rings is 1. The Morgan fingerprint density at radius 3 is 2.39 bits per heavy atom. The average Bonchev–Trinajstić information content (AvgIpc) is 3.19. The van der Waals surface area contributed by atoms with E-state index in [1.165, 1.54) is 11.1 Å². The van der Waals surface area contributed by atoms with Gasteiger partial charge in [0.05, 0.1) is 12.7 Å². The third-order valence-corrected chi connectivity index (χ3v) is 4.62. The predicted octanol–water partition coefficient (Wildman–Crippen LogP) is 0.419. The smallest absolute Gasteiger partial charge is 0.276 e. The van der Waals surface area contributed by atoms with E-state index in [0.29, 0.717) is 13.1 Å². The first-order valence-electron chi connectivity index (χ1n) is 8.47. The first-order valence-corrected chi connectivity index (χ1v) is 8.92. The largest absolute Gasteiger partial charge is 0.363 e. The van der Waals surface area contributed by atoms with Gasteiger partial charge < -0.3 is 20.9 Å². The van der Waals surface area contributed by atoms with Crippen LogP contribution in [0.2, 0.25) is 0 Å². The van der Waals surface area contributed by atoms with Gasteiger partial charge in [-0.05, 0) is 17.7 Å². The molecule has 1 fully saturated rings. The summed E-state index contributed by atoms with van der Waals surface area (Å²) >= 11 is 3.66. The molecule has 2 amide bonds. The van der Waals surface area contributed by atoms with Gasteiger partial charge in [0.15, 0.2) is 0 Å². The number of carbonyl (C=O) groups excluding carboxylic acids is 2. The van der Waals surface area contributed by atoms with Crippen molar-refractivity contribution in [1.29, 1.82) is 0 Å². The van der Waals surface area contributed by atoms with Crippen LogP contribution in [0.15, 0.2) is 18.3 Å². The molecular weight excluding hydrogens is 392 g/mol. The van der Waals surface area contributed by atoms with Crippen LogP contribution in [-0.2, 0) is 4.79 Å². The number of hydrogen-bond acceptors (Lipinski definition) is 6. The van der Waals surface area contributed by atoms with Crippen molar-refractivity contribution >= 4 is 29.5 Å². The fourth-order valence-electron chi connectivity index (χ4n) is 3.16. The van der Waals surface area contributed by atoms with Gasteiger partial charge in [-0.15, -0.1) is 0 Å². The zero-order valence-electron chi connectivity index (χ0n) is 14.7. The minimum Gasteiger partial charge on any atom is -0.363 e. The van der Waals surface area contributed by atoms with Crippen LogP contribution in [0.1, 0.15) is 17.3 Å². The number of rotatable bonds is 5.